The molecule has 0 spiro atoms. The molecule has 0 aliphatic heterocycles. The Morgan fingerprint density at radius 2 is 1.97 bits per heavy atom. The molecule has 30 heavy (non-hydrogen) atoms. The quantitative estimate of drug-likeness (QED) is 0.402. The first-order chi connectivity index (χ1) is 14.3. The van der Waals surface area contributed by atoms with Crippen molar-refractivity contribution in [2.75, 3.05) is 10.6 Å². The van der Waals surface area contributed by atoms with E-state index >= 15 is 0 Å². The second-order valence-electron chi connectivity index (χ2n) is 7.79. The summed E-state index contributed by atoms with van der Waals surface area (Å²) in [6.07, 6.45) is -0.497. The number of carbonyl (C=O) groups is 1. The van der Waals surface area contributed by atoms with E-state index in [1.54, 1.807) is 0 Å². The summed E-state index contributed by atoms with van der Waals surface area (Å²) >= 11 is 1.45. The van der Waals surface area contributed by atoms with E-state index in [0.717, 1.165) is 27.3 Å². The summed E-state index contributed by atoms with van der Waals surface area (Å²) in [5.41, 5.74) is 1.78. The summed E-state index contributed by atoms with van der Waals surface area (Å²) < 4.78 is 5.31. The van der Waals surface area contributed by atoms with Crippen LogP contribution in [0.4, 0.5) is 22.1 Å². The van der Waals surface area contributed by atoms with Gasteiger partial charge >= 0.3 is 6.09 Å². The third-order valence-corrected chi connectivity index (χ3v) is 4.95. The molecule has 3 aromatic heterocycles. The van der Waals surface area contributed by atoms with Crippen molar-refractivity contribution in [1.29, 1.82) is 0 Å². The maximum Gasteiger partial charge on any atom is 0.412 e. The molecule has 0 bridgehead atoms. The number of hydrogen-bond donors (Lipinski definition) is 3. The molecule has 0 atom stereocenters. The number of para-hydroxylation sites is 1. The fraction of sp³-hybridized carbons (Fsp3) is 0.238. The lowest BCUT2D eigenvalue weighted by Gasteiger charge is -2.19. The lowest BCUT2D eigenvalue weighted by molar-refractivity contribution is 0.0636. The highest BCUT2D eigenvalue weighted by Crippen LogP contribution is 2.32. The largest absolute Gasteiger partial charge is 0.444 e. The highest BCUT2D eigenvalue weighted by molar-refractivity contribution is 7.14. The van der Waals surface area contributed by atoms with Gasteiger partial charge in [0.2, 0.25) is 0 Å². The zero-order valence-corrected chi connectivity index (χ0v) is 17.9. The molecule has 3 heterocycles. The lowest BCUT2D eigenvalue weighted by atomic mass is 10.2. The average molecular weight is 423 g/mol. The normalized spacial score (nSPS) is 11.5. The number of anilines is 3. The van der Waals surface area contributed by atoms with Crippen LogP contribution in [0.3, 0.4) is 0 Å². The van der Waals surface area contributed by atoms with Gasteiger partial charge in [0.1, 0.15) is 17.2 Å². The van der Waals surface area contributed by atoms with Crippen LogP contribution in [0, 0.1) is 6.92 Å². The predicted molar refractivity (Wildman–Crippen MR) is 119 cm³/mol. The number of amides is 1. The van der Waals surface area contributed by atoms with E-state index in [1.165, 1.54) is 11.3 Å². The Kier molecular flexibility index (Phi) is 5.13. The highest BCUT2D eigenvalue weighted by Gasteiger charge is 2.17. The predicted octanol–water partition coefficient (Wildman–Crippen LogP) is 5.48. The van der Waals surface area contributed by atoms with Gasteiger partial charge in [-0.05, 0) is 45.9 Å². The van der Waals surface area contributed by atoms with Gasteiger partial charge in [-0.25, -0.2) is 14.8 Å². The second-order valence-corrected chi connectivity index (χ2v) is 8.70. The first-order valence-corrected chi connectivity index (χ1v) is 10.3. The van der Waals surface area contributed by atoms with Crippen LogP contribution in [0.2, 0.25) is 0 Å². The van der Waals surface area contributed by atoms with Crippen LogP contribution in [0.25, 0.3) is 21.6 Å². The Morgan fingerprint density at radius 3 is 2.70 bits per heavy atom. The van der Waals surface area contributed by atoms with Gasteiger partial charge in [0.25, 0.3) is 0 Å². The van der Waals surface area contributed by atoms with Crippen LogP contribution in [-0.4, -0.2) is 31.9 Å². The van der Waals surface area contributed by atoms with Crippen molar-refractivity contribution >= 4 is 45.7 Å². The van der Waals surface area contributed by atoms with E-state index in [-0.39, 0.29) is 0 Å². The zero-order chi connectivity index (χ0) is 21.3. The smallest absolute Gasteiger partial charge is 0.412 e. The Hall–Kier alpha value is -3.46. The zero-order valence-electron chi connectivity index (χ0n) is 17.1. The minimum absolute atomic E-state index is 0.497. The van der Waals surface area contributed by atoms with E-state index in [4.69, 9.17) is 14.7 Å². The summed E-state index contributed by atoms with van der Waals surface area (Å²) in [4.78, 5) is 22.3. The summed E-state index contributed by atoms with van der Waals surface area (Å²) in [5.74, 6) is 1.99. The number of hydrogen-bond acceptors (Lipinski definition) is 7. The highest BCUT2D eigenvalue weighted by atomic mass is 32.1. The van der Waals surface area contributed by atoms with Gasteiger partial charge in [-0.15, -0.1) is 11.3 Å². The topological polar surface area (TPSA) is 105 Å². The molecule has 0 aliphatic rings. The van der Waals surface area contributed by atoms with Gasteiger partial charge in [0.15, 0.2) is 5.82 Å². The van der Waals surface area contributed by atoms with Crippen molar-refractivity contribution in [3.63, 3.8) is 0 Å². The van der Waals surface area contributed by atoms with Crippen LogP contribution >= 0.6 is 11.3 Å². The van der Waals surface area contributed by atoms with Crippen LogP contribution in [0.15, 0.2) is 41.8 Å². The molecule has 0 saturated carbocycles. The SMILES string of the molecule is Cc1cc(Nc2nc(-c3cc(NC(=O)OC(C)(C)C)cs3)nc3ccccc23)[nH]n1. The van der Waals surface area contributed by atoms with Gasteiger partial charge in [0, 0.05) is 16.8 Å². The molecule has 0 fully saturated rings. The Labute approximate surface area is 177 Å². The molecule has 1 aromatic carbocycles. The van der Waals surface area contributed by atoms with Crippen molar-refractivity contribution in [3.05, 3.63) is 47.5 Å². The number of nitrogens with one attached hydrogen (secondary N) is 3. The average Bonchev–Trinajstić information content (AvgIpc) is 3.29. The molecule has 8 nitrogen and oxygen atoms in total. The van der Waals surface area contributed by atoms with E-state index in [2.05, 4.69) is 20.8 Å². The van der Waals surface area contributed by atoms with Crippen molar-refractivity contribution in [2.24, 2.45) is 0 Å². The number of benzene rings is 1. The van der Waals surface area contributed by atoms with Crippen molar-refractivity contribution < 1.29 is 9.53 Å². The molecular weight excluding hydrogens is 400 g/mol. The van der Waals surface area contributed by atoms with Crippen LogP contribution in [-0.2, 0) is 4.74 Å². The number of ether oxygens (including phenoxy) is 1. The van der Waals surface area contributed by atoms with E-state index < -0.39 is 11.7 Å². The Bertz CT molecular complexity index is 1210. The van der Waals surface area contributed by atoms with Gasteiger partial charge < -0.3 is 10.1 Å². The maximum absolute atomic E-state index is 12.0. The van der Waals surface area contributed by atoms with Crippen molar-refractivity contribution in [1.82, 2.24) is 20.2 Å². The summed E-state index contributed by atoms with van der Waals surface area (Å²) in [6.45, 7) is 7.38. The standard InChI is InChI=1S/C21H22N6O2S/c1-12-9-17(27-26-12)24-18-14-7-5-6-8-15(14)23-19(25-18)16-10-13(11-30-16)22-20(28)29-21(2,3)4/h5-11H,1-4H3,(H,22,28)(H2,23,24,25,26,27). The minimum Gasteiger partial charge on any atom is -0.444 e. The van der Waals surface area contributed by atoms with E-state index in [1.807, 2.05) is 69.5 Å². The number of aromatic nitrogens is 4. The molecule has 0 saturated heterocycles. The number of aryl methyl sites for hydroxylation is 1. The summed E-state index contributed by atoms with van der Waals surface area (Å²) in [6, 6.07) is 11.5. The number of aromatic amines is 1. The Morgan fingerprint density at radius 1 is 1.17 bits per heavy atom. The number of fused-ring (bicyclic) bond motifs is 1. The third kappa shape index (κ3) is 4.57. The molecule has 4 aromatic rings. The maximum atomic E-state index is 12.0. The minimum atomic E-state index is -0.560. The van der Waals surface area contributed by atoms with Crippen LogP contribution < -0.4 is 10.6 Å². The van der Waals surface area contributed by atoms with Crippen LogP contribution in [0.1, 0.15) is 26.5 Å². The van der Waals surface area contributed by atoms with Gasteiger partial charge in [0.05, 0.1) is 21.8 Å². The molecule has 154 valence electrons. The molecular formula is C21H22N6O2S. The number of rotatable bonds is 4. The third-order valence-electron chi connectivity index (χ3n) is 4.03. The van der Waals surface area contributed by atoms with E-state index in [0.29, 0.717) is 17.3 Å². The second kappa shape index (κ2) is 7.75. The Balaban J connectivity index is 1.64. The van der Waals surface area contributed by atoms with Crippen LogP contribution in [0.5, 0.6) is 0 Å². The molecule has 0 radical (unpaired) electrons. The number of H-pyrrole nitrogens is 1. The first-order valence-electron chi connectivity index (χ1n) is 9.41. The molecule has 9 heteroatoms. The summed E-state index contributed by atoms with van der Waals surface area (Å²) in [5, 5.41) is 15.9. The fourth-order valence-electron chi connectivity index (χ4n) is 2.84. The van der Waals surface area contributed by atoms with Crippen molar-refractivity contribution in [2.45, 2.75) is 33.3 Å². The van der Waals surface area contributed by atoms with Gasteiger partial charge in [-0.1, -0.05) is 12.1 Å². The monoisotopic (exact) mass is 422 g/mol. The number of carbonyl (C=O) groups excluding carboxylic acids is 1. The molecule has 0 aliphatic carbocycles. The number of thiophene rings is 1. The summed E-state index contributed by atoms with van der Waals surface area (Å²) in [7, 11) is 0. The van der Waals surface area contributed by atoms with Crippen molar-refractivity contribution in [3.8, 4) is 10.7 Å². The first kappa shape index (κ1) is 19.8. The van der Waals surface area contributed by atoms with E-state index in [9.17, 15) is 4.79 Å². The molecule has 4 rings (SSSR count). The van der Waals surface area contributed by atoms with Gasteiger partial charge in [-0.3, -0.25) is 10.4 Å². The molecule has 3 N–H and O–H groups in total. The van der Waals surface area contributed by atoms with Gasteiger partial charge in [-0.2, -0.15) is 5.10 Å². The molecule has 1 amide bonds. The number of nitrogens with zero attached hydrogens (tertiary/aromatic N) is 3. The fourth-order valence-corrected chi connectivity index (χ4v) is 3.61. The molecule has 0 unspecified atom stereocenters. The lowest BCUT2D eigenvalue weighted by Crippen LogP contribution is -2.27.